The minimum absolute atomic E-state index is 0.463. The molecule has 0 fully saturated rings. The Bertz CT molecular complexity index is 327. The molecule has 3 heteroatoms. The van der Waals surface area contributed by atoms with Crippen LogP contribution in [0.3, 0.4) is 0 Å². The first-order chi connectivity index (χ1) is 6.24. The molecule has 66 valence electrons. The molecule has 0 saturated heterocycles. The fourth-order valence-corrected chi connectivity index (χ4v) is 0.829. The van der Waals surface area contributed by atoms with Crippen molar-refractivity contribution in [1.82, 2.24) is 0 Å². The fraction of sp³-hybridized carbons (Fsp3) is 0.200. The maximum absolute atomic E-state index is 11.2. The molecule has 0 aromatic heterocycles. The van der Waals surface area contributed by atoms with E-state index in [2.05, 4.69) is 0 Å². The van der Waals surface area contributed by atoms with Gasteiger partial charge in [0, 0.05) is 0 Å². The number of esters is 1. The predicted molar refractivity (Wildman–Crippen MR) is 46.9 cm³/mol. The molecule has 0 aliphatic rings. The van der Waals surface area contributed by atoms with E-state index in [0.717, 1.165) is 0 Å². The lowest BCUT2D eigenvalue weighted by atomic mass is 10.2. The van der Waals surface area contributed by atoms with E-state index >= 15 is 0 Å². The van der Waals surface area contributed by atoms with Crippen LogP contribution in [-0.4, -0.2) is 12.1 Å². The highest BCUT2D eigenvalue weighted by atomic mass is 16.5. The van der Waals surface area contributed by atoms with Gasteiger partial charge in [-0.15, -0.1) is 0 Å². The topological polar surface area (TPSA) is 50.1 Å². The maximum atomic E-state index is 11.2. The summed E-state index contributed by atoms with van der Waals surface area (Å²) in [6.07, 6.45) is -0.701. The van der Waals surface area contributed by atoms with E-state index in [-0.39, 0.29) is 0 Å². The summed E-state index contributed by atoms with van der Waals surface area (Å²) in [6, 6.07) is 10.4. The Hall–Kier alpha value is -1.82. The second-order valence-electron chi connectivity index (χ2n) is 2.54. The van der Waals surface area contributed by atoms with E-state index in [1.165, 1.54) is 6.92 Å². The molecule has 0 aliphatic heterocycles. The van der Waals surface area contributed by atoms with Crippen LogP contribution in [0.1, 0.15) is 17.3 Å². The SMILES string of the molecule is C[C@H](C#N)OC(=O)c1ccccc1. The third-order valence-electron chi connectivity index (χ3n) is 1.48. The van der Waals surface area contributed by atoms with Crippen LogP contribution in [0.25, 0.3) is 0 Å². The van der Waals surface area contributed by atoms with E-state index in [0.29, 0.717) is 5.56 Å². The fourth-order valence-electron chi connectivity index (χ4n) is 0.829. The van der Waals surface area contributed by atoms with Gasteiger partial charge in [0.2, 0.25) is 0 Å². The molecule has 13 heavy (non-hydrogen) atoms. The van der Waals surface area contributed by atoms with Crippen LogP contribution in [-0.2, 0) is 4.74 Å². The summed E-state index contributed by atoms with van der Waals surface area (Å²) in [5, 5.41) is 8.40. The first-order valence-corrected chi connectivity index (χ1v) is 3.89. The Morgan fingerprint density at radius 3 is 2.62 bits per heavy atom. The van der Waals surface area contributed by atoms with E-state index in [1.54, 1.807) is 24.3 Å². The Morgan fingerprint density at radius 1 is 1.46 bits per heavy atom. The lowest BCUT2D eigenvalue weighted by molar-refractivity contribution is 0.0435. The molecule has 1 atom stereocenters. The zero-order chi connectivity index (χ0) is 9.68. The van der Waals surface area contributed by atoms with Crippen molar-refractivity contribution >= 4 is 5.97 Å². The number of carbonyl (C=O) groups excluding carboxylic acids is 1. The van der Waals surface area contributed by atoms with Gasteiger partial charge in [0.15, 0.2) is 6.10 Å². The van der Waals surface area contributed by atoms with Gasteiger partial charge in [-0.3, -0.25) is 0 Å². The van der Waals surface area contributed by atoms with Crippen molar-refractivity contribution in [3.05, 3.63) is 35.9 Å². The maximum Gasteiger partial charge on any atom is 0.339 e. The first kappa shape index (κ1) is 9.27. The Morgan fingerprint density at radius 2 is 2.08 bits per heavy atom. The van der Waals surface area contributed by atoms with Crippen molar-refractivity contribution in [2.24, 2.45) is 0 Å². The molecule has 1 aromatic carbocycles. The van der Waals surface area contributed by atoms with Crippen LogP contribution in [0.5, 0.6) is 0 Å². The molecule has 0 radical (unpaired) electrons. The standard InChI is InChI=1S/C10H9NO2/c1-8(7-11)13-10(12)9-5-3-2-4-6-9/h2-6,8H,1H3/t8-/m1/s1. The number of benzene rings is 1. The zero-order valence-corrected chi connectivity index (χ0v) is 7.23. The lowest BCUT2D eigenvalue weighted by Gasteiger charge is -2.04. The van der Waals surface area contributed by atoms with Gasteiger partial charge in [-0.05, 0) is 19.1 Å². The summed E-state index contributed by atoms with van der Waals surface area (Å²) in [6.45, 7) is 1.53. The second-order valence-corrected chi connectivity index (χ2v) is 2.54. The van der Waals surface area contributed by atoms with E-state index in [4.69, 9.17) is 10.00 Å². The molecule has 1 rings (SSSR count). The molecule has 0 unspecified atom stereocenters. The summed E-state index contributed by atoms with van der Waals surface area (Å²) >= 11 is 0. The highest BCUT2D eigenvalue weighted by Crippen LogP contribution is 2.02. The molecule has 0 saturated carbocycles. The highest BCUT2D eigenvalue weighted by Gasteiger charge is 2.09. The average Bonchev–Trinajstić information content (AvgIpc) is 2.19. The van der Waals surface area contributed by atoms with Gasteiger partial charge in [-0.25, -0.2) is 4.79 Å². The minimum atomic E-state index is -0.701. The zero-order valence-electron chi connectivity index (χ0n) is 7.23. The molecule has 0 N–H and O–H groups in total. The summed E-state index contributed by atoms with van der Waals surface area (Å²) in [4.78, 5) is 11.2. The third-order valence-corrected chi connectivity index (χ3v) is 1.48. The van der Waals surface area contributed by atoms with Crippen LogP contribution >= 0.6 is 0 Å². The molecule has 1 aromatic rings. The van der Waals surface area contributed by atoms with Crippen molar-refractivity contribution in [2.45, 2.75) is 13.0 Å². The number of hydrogen-bond acceptors (Lipinski definition) is 3. The quantitative estimate of drug-likeness (QED) is 0.643. The predicted octanol–water partition coefficient (Wildman–Crippen LogP) is 1.76. The van der Waals surface area contributed by atoms with Gasteiger partial charge in [-0.1, -0.05) is 18.2 Å². The van der Waals surface area contributed by atoms with Crippen LogP contribution in [0.2, 0.25) is 0 Å². The van der Waals surface area contributed by atoms with E-state index in [1.807, 2.05) is 12.1 Å². The molecular formula is C10H9NO2. The third kappa shape index (κ3) is 2.60. The second kappa shape index (κ2) is 4.27. The number of nitrogens with zero attached hydrogens (tertiary/aromatic N) is 1. The molecule has 0 amide bonds. The highest BCUT2D eigenvalue weighted by molar-refractivity contribution is 5.89. The largest absolute Gasteiger partial charge is 0.444 e. The van der Waals surface area contributed by atoms with Crippen molar-refractivity contribution < 1.29 is 9.53 Å². The minimum Gasteiger partial charge on any atom is -0.444 e. The molecule has 3 nitrogen and oxygen atoms in total. The number of ether oxygens (including phenoxy) is 1. The average molecular weight is 175 g/mol. The lowest BCUT2D eigenvalue weighted by Crippen LogP contribution is -2.12. The normalized spacial score (nSPS) is 11.4. The van der Waals surface area contributed by atoms with Gasteiger partial charge in [0.05, 0.1) is 5.56 Å². The van der Waals surface area contributed by atoms with Crippen molar-refractivity contribution in [3.8, 4) is 6.07 Å². The molecule has 0 aliphatic carbocycles. The smallest absolute Gasteiger partial charge is 0.339 e. The Kier molecular flexibility index (Phi) is 3.04. The van der Waals surface area contributed by atoms with Gasteiger partial charge in [0.25, 0.3) is 0 Å². The molecule has 0 heterocycles. The van der Waals surface area contributed by atoms with Crippen molar-refractivity contribution in [3.63, 3.8) is 0 Å². The Balaban J connectivity index is 2.66. The number of hydrogen-bond donors (Lipinski definition) is 0. The van der Waals surface area contributed by atoms with Crippen LogP contribution in [0.15, 0.2) is 30.3 Å². The monoisotopic (exact) mass is 175 g/mol. The molecule has 0 spiro atoms. The van der Waals surface area contributed by atoms with Crippen LogP contribution in [0.4, 0.5) is 0 Å². The molecule has 0 bridgehead atoms. The molecular weight excluding hydrogens is 166 g/mol. The summed E-state index contributed by atoms with van der Waals surface area (Å²) < 4.78 is 4.79. The van der Waals surface area contributed by atoms with Gasteiger partial charge >= 0.3 is 5.97 Å². The van der Waals surface area contributed by atoms with E-state index < -0.39 is 12.1 Å². The van der Waals surface area contributed by atoms with Crippen LogP contribution in [0, 0.1) is 11.3 Å². The number of nitriles is 1. The van der Waals surface area contributed by atoms with Crippen LogP contribution < -0.4 is 0 Å². The number of rotatable bonds is 2. The van der Waals surface area contributed by atoms with Gasteiger partial charge in [0.1, 0.15) is 6.07 Å². The Labute approximate surface area is 76.6 Å². The summed E-state index contributed by atoms with van der Waals surface area (Å²) in [5.41, 5.74) is 0.463. The summed E-state index contributed by atoms with van der Waals surface area (Å²) in [5.74, 6) is -0.463. The van der Waals surface area contributed by atoms with E-state index in [9.17, 15) is 4.79 Å². The van der Waals surface area contributed by atoms with Crippen molar-refractivity contribution in [2.75, 3.05) is 0 Å². The summed E-state index contributed by atoms with van der Waals surface area (Å²) in [7, 11) is 0. The van der Waals surface area contributed by atoms with Crippen molar-refractivity contribution in [1.29, 1.82) is 5.26 Å². The van der Waals surface area contributed by atoms with Gasteiger partial charge < -0.3 is 4.74 Å². The first-order valence-electron chi connectivity index (χ1n) is 3.89. The van der Waals surface area contributed by atoms with Gasteiger partial charge in [-0.2, -0.15) is 5.26 Å². The number of carbonyl (C=O) groups is 1.